The lowest BCUT2D eigenvalue weighted by molar-refractivity contribution is 0.448. The molecule has 80 valence electrons. The summed E-state index contributed by atoms with van der Waals surface area (Å²) in [6.45, 7) is 5.50. The lowest BCUT2D eigenvalue weighted by Crippen LogP contribution is -2.01. The molecule has 0 radical (unpaired) electrons. The zero-order valence-corrected chi connectivity index (χ0v) is 8.71. The van der Waals surface area contributed by atoms with Crippen molar-refractivity contribution in [3.8, 4) is 0 Å². The summed E-state index contributed by atoms with van der Waals surface area (Å²) in [5.74, 6) is -3.77. The number of halogens is 3. The van der Waals surface area contributed by atoms with Gasteiger partial charge in [-0.25, -0.2) is 13.2 Å². The van der Waals surface area contributed by atoms with E-state index in [1.54, 1.807) is 0 Å². The van der Waals surface area contributed by atoms with Crippen LogP contribution in [0.5, 0.6) is 0 Å². The molecule has 1 N–H and O–H groups in total. The molecule has 4 heteroatoms. The Morgan fingerprint density at radius 2 is 1.57 bits per heavy atom. The van der Waals surface area contributed by atoms with Gasteiger partial charge in [0, 0.05) is 7.05 Å². The van der Waals surface area contributed by atoms with E-state index in [2.05, 4.69) is 5.32 Å². The molecule has 0 heterocycles. The van der Waals surface area contributed by atoms with Gasteiger partial charge in [0.15, 0.2) is 17.5 Å². The van der Waals surface area contributed by atoms with Crippen molar-refractivity contribution < 1.29 is 13.2 Å². The first kappa shape index (κ1) is 12.8. The molecular weight excluding hydrogens is 191 g/mol. The fraction of sp³-hybridized carbons (Fsp3) is 0.400. The number of aryl methyl sites for hydroxylation is 1. The normalized spacial score (nSPS) is 9.07. The zero-order valence-electron chi connectivity index (χ0n) is 8.71. The molecule has 14 heavy (non-hydrogen) atoms. The van der Waals surface area contributed by atoms with Crippen molar-refractivity contribution >= 4 is 5.69 Å². The Kier molecular flexibility index (Phi) is 5.05. The van der Waals surface area contributed by atoms with Crippen LogP contribution in [0.25, 0.3) is 0 Å². The maximum atomic E-state index is 12.8. The molecule has 0 amide bonds. The SMILES string of the molecule is CC.CNc1c(C)cc(F)c(F)c1F. The van der Waals surface area contributed by atoms with Gasteiger partial charge in [-0.15, -0.1) is 0 Å². The Morgan fingerprint density at radius 3 is 2.00 bits per heavy atom. The molecule has 0 atom stereocenters. The molecular formula is C10H14F3N. The third-order valence-electron chi connectivity index (χ3n) is 1.61. The van der Waals surface area contributed by atoms with Gasteiger partial charge in [0.2, 0.25) is 0 Å². The highest BCUT2D eigenvalue weighted by molar-refractivity contribution is 5.51. The van der Waals surface area contributed by atoms with Gasteiger partial charge in [-0.2, -0.15) is 0 Å². The quantitative estimate of drug-likeness (QED) is 0.692. The van der Waals surface area contributed by atoms with E-state index < -0.39 is 17.5 Å². The van der Waals surface area contributed by atoms with Crippen LogP contribution in [0.15, 0.2) is 6.07 Å². The van der Waals surface area contributed by atoms with Crippen LogP contribution in [0.1, 0.15) is 19.4 Å². The minimum absolute atomic E-state index is 0.00565. The summed E-state index contributed by atoms with van der Waals surface area (Å²) in [6.07, 6.45) is 0. The molecule has 0 unspecified atom stereocenters. The van der Waals surface area contributed by atoms with Gasteiger partial charge in [-0.1, -0.05) is 13.8 Å². The first-order valence-electron chi connectivity index (χ1n) is 4.39. The van der Waals surface area contributed by atoms with E-state index in [1.807, 2.05) is 13.8 Å². The number of nitrogens with one attached hydrogen (secondary N) is 1. The van der Waals surface area contributed by atoms with Crippen molar-refractivity contribution in [3.05, 3.63) is 29.1 Å². The predicted octanol–water partition coefficient (Wildman–Crippen LogP) is 3.48. The second kappa shape index (κ2) is 5.52. The summed E-state index contributed by atoms with van der Waals surface area (Å²) in [5, 5.41) is 2.45. The fourth-order valence-corrected chi connectivity index (χ4v) is 1.02. The lowest BCUT2D eigenvalue weighted by Gasteiger charge is -2.07. The molecule has 1 rings (SSSR count). The van der Waals surface area contributed by atoms with E-state index >= 15 is 0 Å². The van der Waals surface area contributed by atoms with Crippen LogP contribution in [-0.2, 0) is 0 Å². The van der Waals surface area contributed by atoms with E-state index in [-0.39, 0.29) is 5.69 Å². The molecule has 0 bridgehead atoms. The second-order valence-corrected chi connectivity index (χ2v) is 2.43. The van der Waals surface area contributed by atoms with Gasteiger partial charge < -0.3 is 5.32 Å². The Labute approximate surface area is 81.9 Å². The maximum Gasteiger partial charge on any atom is 0.196 e. The molecule has 0 saturated heterocycles. The van der Waals surface area contributed by atoms with Gasteiger partial charge >= 0.3 is 0 Å². The van der Waals surface area contributed by atoms with E-state index in [9.17, 15) is 13.2 Å². The largest absolute Gasteiger partial charge is 0.385 e. The Morgan fingerprint density at radius 1 is 1.07 bits per heavy atom. The number of benzene rings is 1. The van der Waals surface area contributed by atoms with Crippen molar-refractivity contribution in [2.75, 3.05) is 12.4 Å². The van der Waals surface area contributed by atoms with Gasteiger partial charge in [0.25, 0.3) is 0 Å². The molecule has 1 aromatic rings. The maximum absolute atomic E-state index is 12.8. The van der Waals surface area contributed by atoms with Crippen LogP contribution in [-0.4, -0.2) is 7.05 Å². The van der Waals surface area contributed by atoms with Crippen LogP contribution in [0.2, 0.25) is 0 Å². The third-order valence-corrected chi connectivity index (χ3v) is 1.61. The predicted molar refractivity (Wildman–Crippen MR) is 51.9 cm³/mol. The lowest BCUT2D eigenvalue weighted by atomic mass is 10.2. The van der Waals surface area contributed by atoms with Crippen LogP contribution in [0, 0.1) is 24.4 Å². The highest BCUT2D eigenvalue weighted by Crippen LogP contribution is 2.23. The van der Waals surface area contributed by atoms with Crippen LogP contribution in [0.4, 0.5) is 18.9 Å². The highest BCUT2D eigenvalue weighted by atomic mass is 19.2. The highest BCUT2D eigenvalue weighted by Gasteiger charge is 2.14. The van der Waals surface area contributed by atoms with Gasteiger partial charge in [-0.05, 0) is 18.6 Å². The molecule has 0 aliphatic heterocycles. The minimum atomic E-state index is -1.44. The summed E-state index contributed by atoms with van der Waals surface area (Å²) < 4.78 is 37.9. The van der Waals surface area contributed by atoms with Crippen LogP contribution < -0.4 is 5.32 Å². The summed E-state index contributed by atoms with van der Waals surface area (Å²) in [7, 11) is 1.45. The third kappa shape index (κ3) is 2.40. The standard InChI is InChI=1S/C8H8F3N.C2H6/c1-4-3-5(9)6(10)7(11)8(4)12-2;1-2/h3,12H,1-2H3;1-2H3. The molecule has 0 aliphatic rings. The van der Waals surface area contributed by atoms with Crippen LogP contribution in [0.3, 0.4) is 0 Å². The summed E-state index contributed by atoms with van der Waals surface area (Å²) in [4.78, 5) is 0. The molecule has 1 aromatic carbocycles. The molecule has 1 nitrogen and oxygen atoms in total. The van der Waals surface area contributed by atoms with Crippen molar-refractivity contribution in [2.24, 2.45) is 0 Å². The summed E-state index contributed by atoms with van der Waals surface area (Å²) in [5.41, 5.74) is 0.336. The van der Waals surface area contributed by atoms with Gasteiger partial charge in [-0.3, -0.25) is 0 Å². The van der Waals surface area contributed by atoms with Crippen molar-refractivity contribution in [1.29, 1.82) is 0 Å². The average Bonchev–Trinajstić information content (AvgIpc) is 2.18. The van der Waals surface area contributed by atoms with Crippen molar-refractivity contribution in [3.63, 3.8) is 0 Å². The smallest absolute Gasteiger partial charge is 0.196 e. The molecule has 0 spiro atoms. The Hall–Kier alpha value is -1.19. The number of rotatable bonds is 1. The molecule has 0 fully saturated rings. The molecule has 0 saturated carbocycles. The van der Waals surface area contributed by atoms with Gasteiger partial charge in [0.05, 0.1) is 5.69 Å². The van der Waals surface area contributed by atoms with Crippen molar-refractivity contribution in [2.45, 2.75) is 20.8 Å². The number of hydrogen-bond donors (Lipinski definition) is 1. The minimum Gasteiger partial charge on any atom is -0.385 e. The number of anilines is 1. The van der Waals surface area contributed by atoms with E-state index in [0.717, 1.165) is 6.07 Å². The topological polar surface area (TPSA) is 12.0 Å². The first-order chi connectivity index (χ1) is 6.57. The van der Waals surface area contributed by atoms with E-state index in [1.165, 1.54) is 14.0 Å². The second-order valence-electron chi connectivity index (χ2n) is 2.43. The fourth-order valence-electron chi connectivity index (χ4n) is 1.02. The number of hydrogen-bond acceptors (Lipinski definition) is 1. The summed E-state index contributed by atoms with van der Waals surface area (Å²) >= 11 is 0. The molecule has 0 aliphatic carbocycles. The van der Waals surface area contributed by atoms with Gasteiger partial charge in [0.1, 0.15) is 0 Å². The zero-order chi connectivity index (χ0) is 11.3. The summed E-state index contributed by atoms with van der Waals surface area (Å²) in [6, 6.07) is 0.949. The average molecular weight is 205 g/mol. The molecule has 0 aromatic heterocycles. The van der Waals surface area contributed by atoms with E-state index in [4.69, 9.17) is 0 Å². The van der Waals surface area contributed by atoms with E-state index in [0.29, 0.717) is 5.56 Å². The first-order valence-corrected chi connectivity index (χ1v) is 4.39. The Bertz CT molecular complexity index is 311. The Balaban J connectivity index is 0.000000791. The monoisotopic (exact) mass is 205 g/mol. The van der Waals surface area contributed by atoms with Crippen LogP contribution >= 0.6 is 0 Å². The van der Waals surface area contributed by atoms with Crippen molar-refractivity contribution in [1.82, 2.24) is 0 Å².